The second kappa shape index (κ2) is 8.94. The monoisotopic (exact) mass is 422 g/mol. The molecule has 1 aliphatic heterocycles. The second-order valence-corrected chi connectivity index (χ2v) is 11.5. The van der Waals surface area contributed by atoms with Gasteiger partial charge in [0.1, 0.15) is 8.42 Å². The number of rotatable bonds is 10. The summed E-state index contributed by atoms with van der Waals surface area (Å²) < 4.78 is 54.7. The summed E-state index contributed by atoms with van der Waals surface area (Å²) >= 11 is 0.752. The minimum absolute atomic E-state index is 0.107. The van der Waals surface area contributed by atoms with Gasteiger partial charge in [0.25, 0.3) is 0 Å². The van der Waals surface area contributed by atoms with Gasteiger partial charge in [0, 0.05) is 18.2 Å². The first kappa shape index (κ1) is 21.5. The van der Waals surface area contributed by atoms with Crippen LogP contribution in [0.4, 0.5) is 0 Å². The molecule has 2 rings (SSSR count). The van der Waals surface area contributed by atoms with Gasteiger partial charge in [-0.15, -0.1) is 17.9 Å². The highest BCUT2D eigenvalue weighted by atomic mass is 32.3. The second-order valence-electron chi connectivity index (χ2n) is 6.27. The molecule has 2 unspecified atom stereocenters. The first-order valence-corrected chi connectivity index (χ1v) is 12.4. The zero-order chi connectivity index (χ0) is 19.4. The largest absolute Gasteiger partial charge is 0.377 e. The van der Waals surface area contributed by atoms with Gasteiger partial charge in [-0.1, -0.05) is 13.0 Å². The van der Waals surface area contributed by atoms with Gasteiger partial charge in [-0.2, -0.15) is 0 Å². The standard InChI is InChI=1S/C16H26N2O5S3/c1-3-7-18-14-10-12(6-5-9-23-8-4-2)25(19,20)16-13(14)11-15(24-16)26(17,21)22/h4,11-12,14,18H,2-3,5-10H2,1H3,(H2,17,21,22). The Labute approximate surface area is 159 Å². The van der Waals surface area contributed by atoms with Gasteiger partial charge in [-0.25, -0.2) is 22.0 Å². The van der Waals surface area contributed by atoms with Crippen molar-refractivity contribution in [1.82, 2.24) is 5.32 Å². The number of thiophene rings is 1. The van der Waals surface area contributed by atoms with E-state index in [0.29, 0.717) is 38.0 Å². The third-order valence-electron chi connectivity index (χ3n) is 4.25. The molecule has 0 aliphatic carbocycles. The maximum absolute atomic E-state index is 13.0. The molecule has 148 valence electrons. The molecule has 0 spiro atoms. The topological polar surface area (TPSA) is 116 Å². The molecule has 0 fully saturated rings. The summed E-state index contributed by atoms with van der Waals surface area (Å²) in [5.41, 5.74) is 0.520. The lowest BCUT2D eigenvalue weighted by molar-refractivity contribution is 0.157. The average molecular weight is 423 g/mol. The molecule has 26 heavy (non-hydrogen) atoms. The number of nitrogens with two attached hydrogens (primary N) is 1. The number of ether oxygens (including phenoxy) is 1. The number of nitrogens with one attached hydrogen (secondary N) is 1. The lowest BCUT2D eigenvalue weighted by Crippen LogP contribution is -2.35. The van der Waals surface area contributed by atoms with E-state index in [2.05, 4.69) is 11.9 Å². The molecule has 0 saturated heterocycles. The fourth-order valence-corrected chi connectivity index (χ4v) is 7.75. The van der Waals surface area contributed by atoms with Crippen LogP contribution < -0.4 is 10.5 Å². The van der Waals surface area contributed by atoms with E-state index in [9.17, 15) is 16.8 Å². The zero-order valence-electron chi connectivity index (χ0n) is 14.8. The third kappa shape index (κ3) is 4.93. The zero-order valence-corrected chi connectivity index (χ0v) is 17.3. The first-order valence-electron chi connectivity index (χ1n) is 8.54. The SMILES string of the molecule is C=CCOCCCC1CC(NCCC)c2cc(S(N)(=O)=O)sc2S1(=O)=O. The molecule has 0 saturated carbocycles. The molecule has 1 aliphatic rings. The van der Waals surface area contributed by atoms with Crippen molar-refractivity contribution >= 4 is 31.2 Å². The third-order valence-corrected chi connectivity index (χ3v) is 9.62. The van der Waals surface area contributed by atoms with Crippen LogP contribution in [0, 0.1) is 0 Å². The summed E-state index contributed by atoms with van der Waals surface area (Å²) in [6, 6.07) is 1.21. The van der Waals surface area contributed by atoms with Crippen molar-refractivity contribution in [3.05, 3.63) is 24.3 Å². The Bertz CT molecular complexity index is 830. The van der Waals surface area contributed by atoms with Gasteiger partial charge in [-0.05, 0) is 38.3 Å². The van der Waals surface area contributed by atoms with Gasteiger partial charge in [0.05, 0.1) is 11.9 Å². The van der Waals surface area contributed by atoms with Crippen LogP contribution >= 0.6 is 11.3 Å². The minimum atomic E-state index is -3.94. The number of fused-ring (bicyclic) bond motifs is 1. The van der Waals surface area contributed by atoms with Crippen molar-refractivity contribution < 1.29 is 21.6 Å². The maximum Gasteiger partial charge on any atom is 0.247 e. The van der Waals surface area contributed by atoms with Gasteiger partial charge in [0.15, 0.2) is 9.84 Å². The number of sulfonamides is 1. The highest BCUT2D eigenvalue weighted by molar-refractivity contribution is 7.95. The van der Waals surface area contributed by atoms with Crippen molar-refractivity contribution in [3.8, 4) is 0 Å². The van der Waals surface area contributed by atoms with E-state index in [0.717, 1.165) is 24.3 Å². The van der Waals surface area contributed by atoms with Crippen molar-refractivity contribution in [1.29, 1.82) is 0 Å². The van der Waals surface area contributed by atoms with E-state index in [1.165, 1.54) is 6.07 Å². The average Bonchev–Trinajstić information content (AvgIpc) is 3.02. The molecule has 0 aromatic carbocycles. The summed E-state index contributed by atoms with van der Waals surface area (Å²) in [7, 11) is -7.53. The van der Waals surface area contributed by atoms with Gasteiger partial charge < -0.3 is 10.1 Å². The molecule has 2 heterocycles. The fourth-order valence-electron chi connectivity index (χ4n) is 3.00. The van der Waals surface area contributed by atoms with Crippen LogP contribution in [-0.4, -0.2) is 41.8 Å². The smallest absolute Gasteiger partial charge is 0.247 e. The summed E-state index contributed by atoms with van der Waals surface area (Å²) in [6.45, 7) is 7.21. The summed E-state index contributed by atoms with van der Waals surface area (Å²) in [6.07, 6.45) is 4.03. The Balaban J connectivity index is 2.29. The van der Waals surface area contributed by atoms with Crippen LogP contribution in [-0.2, 0) is 24.6 Å². The number of sulfone groups is 1. The molecule has 1 aromatic rings. The highest BCUT2D eigenvalue weighted by Crippen LogP contribution is 2.43. The van der Waals surface area contributed by atoms with Gasteiger partial charge in [0.2, 0.25) is 10.0 Å². The molecule has 10 heteroatoms. The molecule has 0 amide bonds. The Morgan fingerprint density at radius 1 is 1.50 bits per heavy atom. The summed E-state index contributed by atoms with van der Waals surface area (Å²) in [5.74, 6) is 0. The van der Waals surface area contributed by atoms with Crippen molar-refractivity contribution in [3.63, 3.8) is 0 Å². The van der Waals surface area contributed by atoms with Gasteiger partial charge >= 0.3 is 0 Å². The molecule has 1 aromatic heterocycles. The van der Waals surface area contributed by atoms with E-state index in [4.69, 9.17) is 9.88 Å². The van der Waals surface area contributed by atoms with E-state index in [1.807, 2.05) is 6.92 Å². The molecular weight excluding hydrogens is 396 g/mol. The predicted octanol–water partition coefficient (Wildman–Crippen LogP) is 1.97. The normalized spacial score (nSPS) is 22.1. The fraction of sp³-hybridized carbons (Fsp3) is 0.625. The Kier molecular flexibility index (Phi) is 7.40. The maximum atomic E-state index is 13.0. The lowest BCUT2D eigenvalue weighted by atomic mass is 10.0. The molecule has 0 bridgehead atoms. The molecular formula is C16H26N2O5S3. The van der Waals surface area contributed by atoms with Gasteiger partial charge in [-0.3, -0.25) is 0 Å². The van der Waals surface area contributed by atoms with Crippen molar-refractivity contribution in [2.24, 2.45) is 5.14 Å². The van der Waals surface area contributed by atoms with Crippen molar-refractivity contribution in [2.45, 2.75) is 52.3 Å². The quantitative estimate of drug-likeness (QED) is 0.440. The predicted molar refractivity (Wildman–Crippen MR) is 103 cm³/mol. The van der Waals surface area contributed by atoms with Crippen LogP contribution in [0.2, 0.25) is 0 Å². The molecule has 3 N–H and O–H groups in total. The highest BCUT2D eigenvalue weighted by Gasteiger charge is 2.41. The van der Waals surface area contributed by atoms with E-state index in [1.54, 1.807) is 6.08 Å². The van der Waals surface area contributed by atoms with Crippen LogP contribution in [0.25, 0.3) is 0 Å². The lowest BCUT2D eigenvalue weighted by Gasteiger charge is -2.30. The van der Waals surface area contributed by atoms with Crippen LogP contribution in [0.3, 0.4) is 0 Å². The Hall–Kier alpha value is -0.780. The number of hydrogen-bond acceptors (Lipinski definition) is 7. The van der Waals surface area contributed by atoms with Crippen molar-refractivity contribution in [2.75, 3.05) is 19.8 Å². The number of primary sulfonamides is 1. The van der Waals surface area contributed by atoms with E-state index >= 15 is 0 Å². The van der Waals surface area contributed by atoms with Crippen LogP contribution in [0.15, 0.2) is 27.1 Å². The van der Waals surface area contributed by atoms with E-state index < -0.39 is 25.1 Å². The summed E-state index contributed by atoms with van der Waals surface area (Å²) in [4.78, 5) is 0. The minimum Gasteiger partial charge on any atom is -0.377 e. The first-order chi connectivity index (χ1) is 12.2. The molecule has 2 atom stereocenters. The van der Waals surface area contributed by atoms with Crippen LogP contribution in [0.1, 0.15) is 44.2 Å². The Morgan fingerprint density at radius 2 is 2.23 bits per heavy atom. The number of hydrogen-bond donors (Lipinski definition) is 2. The van der Waals surface area contributed by atoms with E-state index in [-0.39, 0.29) is 14.5 Å². The molecule has 7 nitrogen and oxygen atoms in total. The van der Waals surface area contributed by atoms with Crippen LogP contribution in [0.5, 0.6) is 0 Å². The molecule has 0 radical (unpaired) electrons. The summed E-state index contributed by atoms with van der Waals surface area (Å²) in [5, 5.41) is 7.97. The Morgan fingerprint density at radius 3 is 2.85 bits per heavy atom.